The van der Waals surface area contributed by atoms with Crippen molar-refractivity contribution in [1.82, 2.24) is 0 Å². The monoisotopic (exact) mass is 1150 g/mol. The maximum atomic E-state index is 12.9. The molecule has 0 aromatic carbocycles. The van der Waals surface area contributed by atoms with Crippen LogP contribution in [0.4, 0.5) is 0 Å². The molecule has 0 unspecified atom stereocenters. The summed E-state index contributed by atoms with van der Waals surface area (Å²) in [6, 6.07) is 0. The molecule has 0 amide bonds. The van der Waals surface area contributed by atoms with E-state index in [1.807, 2.05) is 20.8 Å². The van der Waals surface area contributed by atoms with Gasteiger partial charge in [0, 0.05) is 6.08 Å². The van der Waals surface area contributed by atoms with E-state index in [9.17, 15) is 71.2 Å². The Morgan fingerprint density at radius 1 is 0.613 bits per heavy atom. The Morgan fingerprint density at radius 2 is 1.18 bits per heavy atom. The van der Waals surface area contributed by atoms with Crippen LogP contribution >= 0.6 is 0 Å². The van der Waals surface area contributed by atoms with Crippen molar-refractivity contribution in [3.05, 3.63) is 23.8 Å². The standard InChI is InChI=1S/C57H94O23/c1-10-12-36(62)78-47-31(24-60)75-50(46(71)43(47)68)79-48-42(67)38(63)29(22-58)74-52(48)77-35-16-18-54(6)33(53(35,4)5)15-20-55(7)34(54)21-28(61)37-27(14-19-56(37,55)8)57(9,17-11-13-26(2)3)80-51-45(70)41(66)40(65)32(76-51)25-72-49-44(69)39(64)30(23-59)73-49/h10,12-13,27-35,37-52,58-61,63-71H,11,14-25H2,1-9H3/b12-10+/t27-,28+,29+,30-,31+,32+,33-,34+,35-,37-,38+,39-,40+,41-,42-,43+,44+,45+,46+,47+,48+,49+,50-,51-,52-,54-,55+,56+,57-/m0/s1. The van der Waals surface area contributed by atoms with Crippen LogP contribution in [0.5, 0.6) is 0 Å². The number of hydrogen-bond donors (Lipinski definition) is 13. The van der Waals surface area contributed by atoms with Crippen LogP contribution in [-0.4, -0.2) is 233 Å². The molecule has 0 aromatic heterocycles. The average molecular weight is 1150 g/mol. The van der Waals surface area contributed by atoms with Crippen molar-refractivity contribution < 1.29 is 114 Å². The molecule has 8 fully saturated rings. The zero-order valence-electron chi connectivity index (χ0n) is 47.8. The Bertz CT molecular complexity index is 2140. The molecule has 0 aromatic rings. The van der Waals surface area contributed by atoms with Crippen LogP contribution in [-0.2, 0) is 47.4 Å². The van der Waals surface area contributed by atoms with Crippen LogP contribution in [0.3, 0.4) is 0 Å². The van der Waals surface area contributed by atoms with E-state index in [1.165, 1.54) is 6.08 Å². The molecule has 80 heavy (non-hydrogen) atoms. The van der Waals surface area contributed by atoms with Gasteiger partial charge in [-0.2, -0.15) is 0 Å². The zero-order valence-corrected chi connectivity index (χ0v) is 47.8. The molecule has 4 aliphatic carbocycles. The summed E-state index contributed by atoms with van der Waals surface area (Å²) in [6.45, 7) is 16.4. The van der Waals surface area contributed by atoms with Gasteiger partial charge in [0.15, 0.2) is 31.3 Å². The van der Waals surface area contributed by atoms with Crippen LogP contribution in [0.2, 0.25) is 0 Å². The second kappa shape index (κ2) is 24.8. The Hall–Kier alpha value is -1.89. The van der Waals surface area contributed by atoms with Gasteiger partial charge in [0.2, 0.25) is 0 Å². The molecule has 13 N–H and O–H groups in total. The fourth-order valence-electron chi connectivity index (χ4n) is 16.5. The Balaban J connectivity index is 1.00. The number of esters is 1. The molecule has 23 nitrogen and oxygen atoms in total. The molecule has 0 bridgehead atoms. The molecule has 8 aliphatic rings. The first-order chi connectivity index (χ1) is 37.6. The lowest BCUT2D eigenvalue weighted by Crippen LogP contribution is -2.68. The second-order valence-electron chi connectivity index (χ2n) is 26.2. The smallest absolute Gasteiger partial charge is 0.330 e. The number of fused-ring (bicyclic) bond motifs is 5. The number of allylic oxidation sites excluding steroid dienone is 3. The van der Waals surface area contributed by atoms with Gasteiger partial charge >= 0.3 is 5.97 Å². The number of aliphatic hydroxyl groups excluding tert-OH is 13. The molecule has 460 valence electrons. The molecule has 29 atom stereocenters. The third kappa shape index (κ3) is 11.5. The molecule has 4 aliphatic heterocycles. The second-order valence-corrected chi connectivity index (χ2v) is 26.2. The van der Waals surface area contributed by atoms with Gasteiger partial charge in [0.1, 0.15) is 85.5 Å². The van der Waals surface area contributed by atoms with Gasteiger partial charge < -0.3 is 109 Å². The molecular weight excluding hydrogens is 1050 g/mol. The lowest BCUT2D eigenvalue weighted by molar-refractivity contribution is -0.378. The van der Waals surface area contributed by atoms with E-state index in [1.54, 1.807) is 6.92 Å². The molecular formula is C57H94O23. The lowest BCUT2D eigenvalue weighted by Gasteiger charge is -2.71. The molecule has 4 saturated carbocycles. The van der Waals surface area contributed by atoms with Crippen LogP contribution in [0.25, 0.3) is 0 Å². The molecule has 23 heteroatoms. The Morgan fingerprint density at radius 3 is 1.81 bits per heavy atom. The van der Waals surface area contributed by atoms with Crippen LogP contribution in [0.15, 0.2) is 23.8 Å². The first-order valence-electron chi connectivity index (χ1n) is 28.9. The minimum atomic E-state index is -1.87. The van der Waals surface area contributed by atoms with Crippen molar-refractivity contribution in [2.24, 2.45) is 45.3 Å². The highest BCUT2D eigenvalue weighted by Crippen LogP contribution is 2.76. The highest BCUT2D eigenvalue weighted by Gasteiger charge is 2.72. The minimum absolute atomic E-state index is 0.0284. The summed E-state index contributed by atoms with van der Waals surface area (Å²) in [6.07, 6.45) is -20.1. The van der Waals surface area contributed by atoms with E-state index >= 15 is 0 Å². The predicted molar refractivity (Wildman–Crippen MR) is 279 cm³/mol. The summed E-state index contributed by atoms with van der Waals surface area (Å²) >= 11 is 0. The average Bonchev–Trinajstić information content (AvgIpc) is 2.80. The van der Waals surface area contributed by atoms with E-state index in [0.717, 1.165) is 30.9 Å². The summed E-state index contributed by atoms with van der Waals surface area (Å²) in [5.41, 5.74) is -1.57. The van der Waals surface area contributed by atoms with Gasteiger partial charge in [0.25, 0.3) is 0 Å². The molecule has 4 heterocycles. The SMILES string of the molecule is C/C=C/C(=O)O[C@H]1[C@H](O)[C@@H](O)[C@H](O[C@H]2[C@H](O[C@H]3CC[C@]4(C)[C@H]5C[C@@H](O)[C@@H]6[C@@H]([C@](C)(CCC=C(C)C)O[C@@H]7O[C@H](CO[C@@H]8O[C@@H](CO)[C@H](O)[C@H]8O)[C@@H](O)[C@H](O)[C@H]7O)CC[C@@]6(C)[C@]5(C)CC[C@H]4C3(C)C)O[C@H](CO)[C@@H](O)[C@@H]2O)O[C@@H]1CO. The van der Waals surface area contributed by atoms with E-state index in [2.05, 4.69) is 40.7 Å². The quantitative estimate of drug-likeness (QED) is 0.0358. The van der Waals surface area contributed by atoms with Crippen molar-refractivity contribution in [3.8, 4) is 0 Å². The van der Waals surface area contributed by atoms with Crippen molar-refractivity contribution in [2.45, 2.75) is 255 Å². The Kier molecular flexibility index (Phi) is 19.9. The van der Waals surface area contributed by atoms with Gasteiger partial charge in [-0.15, -0.1) is 0 Å². The van der Waals surface area contributed by atoms with Crippen molar-refractivity contribution in [2.75, 3.05) is 26.4 Å². The largest absolute Gasteiger partial charge is 0.453 e. The summed E-state index contributed by atoms with van der Waals surface area (Å²) in [7, 11) is 0. The lowest BCUT2D eigenvalue weighted by atomic mass is 9.35. The van der Waals surface area contributed by atoms with Crippen molar-refractivity contribution in [1.29, 1.82) is 0 Å². The van der Waals surface area contributed by atoms with Crippen molar-refractivity contribution in [3.63, 3.8) is 0 Å². The first-order valence-corrected chi connectivity index (χ1v) is 28.9. The van der Waals surface area contributed by atoms with E-state index in [0.29, 0.717) is 38.5 Å². The maximum Gasteiger partial charge on any atom is 0.330 e. The summed E-state index contributed by atoms with van der Waals surface area (Å²) in [5, 5.41) is 143. The Labute approximate surface area is 468 Å². The predicted octanol–water partition coefficient (Wildman–Crippen LogP) is -0.436. The topological polar surface area (TPSA) is 363 Å². The summed E-state index contributed by atoms with van der Waals surface area (Å²) in [4.78, 5) is 12.3. The first kappa shape index (κ1) is 64.1. The molecule has 8 rings (SSSR count). The van der Waals surface area contributed by atoms with Crippen molar-refractivity contribution >= 4 is 5.97 Å². The van der Waals surface area contributed by atoms with Crippen LogP contribution in [0.1, 0.15) is 120 Å². The number of carbonyl (C=O) groups excluding carboxylic acids is 1. The number of carbonyl (C=O) groups is 1. The number of rotatable bonds is 18. The fourth-order valence-corrected chi connectivity index (χ4v) is 16.5. The van der Waals surface area contributed by atoms with E-state index in [4.69, 9.17) is 42.6 Å². The zero-order chi connectivity index (χ0) is 58.8. The molecule has 4 saturated heterocycles. The fraction of sp³-hybridized carbons (Fsp3) is 0.912. The van der Waals surface area contributed by atoms with E-state index < -0.39 is 178 Å². The summed E-state index contributed by atoms with van der Waals surface area (Å²) in [5.74, 6) is -1.31. The summed E-state index contributed by atoms with van der Waals surface area (Å²) < 4.78 is 54.6. The number of hydrogen-bond acceptors (Lipinski definition) is 23. The van der Waals surface area contributed by atoms with E-state index in [-0.39, 0.29) is 34.5 Å². The van der Waals surface area contributed by atoms with Gasteiger partial charge in [-0.25, -0.2) is 4.79 Å². The number of ether oxygens (including phenoxy) is 9. The molecule has 0 radical (unpaired) electrons. The highest BCUT2D eigenvalue weighted by molar-refractivity contribution is 5.82. The third-order valence-corrected chi connectivity index (χ3v) is 21.1. The van der Waals surface area contributed by atoms with Crippen LogP contribution < -0.4 is 0 Å². The van der Waals surface area contributed by atoms with Crippen LogP contribution in [0, 0.1) is 45.3 Å². The minimum Gasteiger partial charge on any atom is -0.453 e. The van der Waals surface area contributed by atoms with Gasteiger partial charge in [-0.1, -0.05) is 52.3 Å². The normalized spacial score (nSPS) is 50.0. The van der Waals surface area contributed by atoms with Gasteiger partial charge in [-0.05, 0) is 131 Å². The van der Waals surface area contributed by atoms with Gasteiger partial charge in [-0.3, -0.25) is 0 Å². The third-order valence-electron chi connectivity index (χ3n) is 21.1. The highest BCUT2D eigenvalue weighted by atomic mass is 16.8. The van der Waals surface area contributed by atoms with Gasteiger partial charge in [0.05, 0.1) is 44.2 Å². The molecule has 0 spiro atoms. The maximum absolute atomic E-state index is 12.9. The number of aliphatic hydroxyl groups is 13.